The fourth-order valence-electron chi connectivity index (χ4n) is 3.69. The van der Waals surface area contributed by atoms with Gasteiger partial charge in [0.15, 0.2) is 0 Å². The molecule has 0 bridgehead atoms. The molecule has 29 heavy (non-hydrogen) atoms. The van der Waals surface area contributed by atoms with Crippen LogP contribution in [0.2, 0.25) is 5.02 Å². The van der Waals surface area contributed by atoms with Gasteiger partial charge < -0.3 is 0 Å². The standard InChI is InChI=1S/C21H18ClN5OS/c1-12-25-20-19(14-3-4-14)15(11-23-21(20)29-12)10-16(28)8-13-2-5-18(17(22)9-13)27-7-6-24-26-27/h2,5-7,9,11,14H,3-4,8,10H2,1H3. The summed E-state index contributed by atoms with van der Waals surface area (Å²) in [6.45, 7) is 2.00. The van der Waals surface area contributed by atoms with E-state index in [2.05, 4.69) is 20.3 Å². The van der Waals surface area contributed by atoms with E-state index in [1.165, 1.54) is 5.56 Å². The van der Waals surface area contributed by atoms with Crippen molar-refractivity contribution in [2.45, 2.75) is 38.5 Å². The largest absolute Gasteiger partial charge is 0.299 e. The number of ketones is 1. The lowest BCUT2D eigenvalue weighted by molar-refractivity contribution is -0.117. The number of benzene rings is 1. The molecule has 1 aliphatic rings. The van der Waals surface area contributed by atoms with Gasteiger partial charge in [-0.1, -0.05) is 34.2 Å². The van der Waals surface area contributed by atoms with Gasteiger partial charge >= 0.3 is 0 Å². The van der Waals surface area contributed by atoms with Crippen molar-refractivity contribution in [3.05, 3.63) is 63.5 Å². The van der Waals surface area contributed by atoms with E-state index >= 15 is 0 Å². The molecule has 0 unspecified atom stereocenters. The summed E-state index contributed by atoms with van der Waals surface area (Å²) in [5, 5.41) is 9.31. The number of aryl methyl sites for hydroxylation is 1. The number of Topliss-reactive ketones (excluding diaryl/α,β-unsaturated/α-hetero) is 1. The maximum atomic E-state index is 12.8. The average molecular weight is 424 g/mol. The molecular weight excluding hydrogens is 406 g/mol. The van der Waals surface area contributed by atoms with Crippen LogP contribution in [0.5, 0.6) is 0 Å². The van der Waals surface area contributed by atoms with Crippen molar-refractivity contribution < 1.29 is 4.79 Å². The Kier molecular flexibility index (Phi) is 4.64. The van der Waals surface area contributed by atoms with Gasteiger partial charge in [-0.3, -0.25) is 4.79 Å². The fourth-order valence-corrected chi connectivity index (χ4v) is 4.76. The van der Waals surface area contributed by atoms with Crippen molar-refractivity contribution in [1.82, 2.24) is 25.0 Å². The Hall–Kier alpha value is -2.64. The van der Waals surface area contributed by atoms with Gasteiger partial charge in [-0.15, -0.1) is 5.10 Å². The van der Waals surface area contributed by atoms with E-state index < -0.39 is 0 Å². The van der Waals surface area contributed by atoms with Crippen molar-refractivity contribution in [2.75, 3.05) is 0 Å². The molecule has 4 aromatic rings. The Bertz CT molecular complexity index is 1210. The van der Waals surface area contributed by atoms with Gasteiger partial charge in [0.05, 0.1) is 28.1 Å². The lowest BCUT2D eigenvalue weighted by Crippen LogP contribution is -2.09. The molecule has 0 spiro atoms. The van der Waals surface area contributed by atoms with Crippen molar-refractivity contribution >= 4 is 39.1 Å². The number of carbonyl (C=O) groups excluding carboxylic acids is 1. The summed E-state index contributed by atoms with van der Waals surface area (Å²) in [5.41, 5.74) is 4.86. The average Bonchev–Trinajstić information content (AvgIpc) is 3.21. The lowest BCUT2D eigenvalue weighted by Gasteiger charge is -2.10. The zero-order chi connectivity index (χ0) is 20.0. The molecule has 3 aromatic heterocycles. The predicted octanol–water partition coefficient (Wildman–Crippen LogP) is 4.47. The lowest BCUT2D eigenvalue weighted by atomic mass is 9.97. The van der Waals surface area contributed by atoms with Crippen molar-refractivity contribution in [2.24, 2.45) is 0 Å². The first kappa shape index (κ1) is 18.4. The SMILES string of the molecule is Cc1nc2c(C3CC3)c(CC(=O)Cc3ccc(-n4ccnn4)c(Cl)c3)cnc2s1. The quantitative estimate of drug-likeness (QED) is 0.457. The molecule has 0 amide bonds. The summed E-state index contributed by atoms with van der Waals surface area (Å²) >= 11 is 8.00. The number of aromatic nitrogens is 5. The number of rotatable bonds is 6. The van der Waals surface area contributed by atoms with Crippen LogP contribution < -0.4 is 0 Å². The molecule has 3 heterocycles. The van der Waals surface area contributed by atoms with Gasteiger partial charge in [0.25, 0.3) is 0 Å². The van der Waals surface area contributed by atoms with Gasteiger partial charge in [0.2, 0.25) is 0 Å². The molecule has 0 radical (unpaired) electrons. The number of thiazole rings is 1. The van der Waals surface area contributed by atoms with Crippen molar-refractivity contribution in [1.29, 1.82) is 0 Å². The highest BCUT2D eigenvalue weighted by atomic mass is 35.5. The van der Waals surface area contributed by atoms with Crippen LogP contribution in [-0.4, -0.2) is 30.7 Å². The molecule has 1 saturated carbocycles. The molecule has 8 heteroatoms. The number of halogens is 1. The number of pyridine rings is 1. The molecule has 0 N–H and O–H groups in total. The predicted molar refractivity (Wildman–Crippen MR) is 113 cm³/mol. The van der Waals surface area contributed by atoms with E-state index in [1.807, 2.05) is 31.3 Å². The monoisotopic (exact) mass is 423 g/mol. The van der Waals surface area contributed by atoms with Crippen LogP contribution >= 0.6 is 22.9 Å². The van der Waals surface area contributed by atoms with E-state index in [4.69, 9.17) is 11.6 Å². The highest BCUT2D eigenvalue weighted by Crippen LogP contribution is 2.45. The van der Waals surface area contributed by atoms with Gasteiger partial charge in [0.1, 0.15) is 16.1 Å². The molecule has 5 rings (SSSR count). The molecule has 0 aliphatic heterocycles. The minimum absolute atomic E-state index is 0.143. The van der Waals surface area contributed by atoms with E-state index in [-0.39, 0.29) is 5.78 Å². The molecule has 146 valence electrons. The summed E-state index contributed by atoms with van der Waals surface area (Å²) in [6.07, 6.45) is 8.22. The summed E-state index contributed by atoms with van der Waals surface area (Å²) in [4.78, 5) is 23.0. The van der Waals surface area contributed by atoms with Crippen LogP contribution in [0.3, 0.4) is 0 Å². The van der Waals surface area contributed by atoms with Gasteiger partial charge in [-0.25, -0.2) is 14.6 Å². The Morgan fingerprint density at radius 3 is 2.90 bits per heavy atom. The number of hydrogen-bond acceptors (Lipinski definition) is 6. The van der Waals surface area contributed by atoms with E-state index in [1.54, 1.807) is 28.4 Å². The van der Waals surface area contributed by atoms with Gasteiger partial charge in [0, 0.05) is 19.0 Å². The summed E-state index contributed by atoms with van der Waals surface area (Å²) in [7, 11) is 0. The normalized spacial score (nSPS) is 13.9. The summed E-state index contributed by atoms with van der Waals surface area (Å²) in [6, 6.07) is 5.60. The van der Waals surface area contributed by atoms with Crippen LogP contribution in [0.1, 0.15) is 40.5 Å². The molecule has 0 saturated heterocycles. The first-order chi connectivity index (χ1) is 14.1. The molecule has 1 aliphatic carbocycles. The van der Waals surface area contributed by atoms with E-state index in [0.29, 0.717) is 23.8 Å². The van der Waals surface area contributed by atoms with Crippen LogP contribution in [0.4, 0.5) is 0 Å². The molecule has 0 atom stereocenters. The smallest absolute Gasteiger partial charge is 0.143 e. The fraction of sp³-hybridized carbons (Fsp3) is 0.286. The van der Waals surface area contributed by atoms with E-state index in [0.717, 1.165) is 45.0 Å². The number of fused-ring (bicyclic) bond motifs is 1. The maximum absolute atomic E-state index is 12.8. The number of nitrogens with zero attached hydrogens (tertiary/aromatic N) is 5. The second kappa shape index (κ2) is 7.31. The van der Waals surface area contributed by atoms with E-state index in [9.17, 15) is 4.79 Å². The second-order valence-corrected chi connectivity index (χ2v) is 8.97. The molecule has 1 fully saturated rings. The van der Waals surface area contributed by atoms with Crippen LogP contribution in [-0.2, 0) is 17.6 Å². The molecule has 1 aromatic carbocycles. The number of carbonyl (C=O) groups is 1. The maximum Gasteiger partial charge on any atom is 0.143 e. The van der Waals surface area contributed by atoms with Gasteiger partial charge in [-0.2, -0.15) is 0 Å². The topological polar surface area (TPSA) is 73.6 Å². The first-order valence-electron chi connectivity index (χ1n) is 9.50. The first-order valence-corrected chi connectivity index (χ1v) is 10.7. The third-order valence-corrected chi connectivity index (χ3v) is 6.29. The zero-order valence-corrected chi connectivity index (χ0v) is 17.4. The Morgan fingerprint density at radius 2 is 2.17 bits per heavy atom. The summed E-state index contributed by atoms with van der Waals surface area (Å²) < 4.78 is 1.60. The Balaban J connectivity index is 1.37. The van der Waals surface area contributed by atoms with Crippen molar-refractivity contribution in [3.8, 4) is 5.69 Å². The van der Waals surface area contributed by atoms with Crippen LogP contribution in [0.15, 0.2) is 36.8 Å². The minimum Gasteiger partial charge on any atom is -0.299 e. The summed E-state index contributed by atoms with van der Waals surface area (Å²) in [5.74, 6) is 0.658. The third kappa shape index (κ3) is 3.68. The molecule has 6 nitrogen and oxygen atoms in total. The highest BCUT2D eigenvalue weighted by Gasteiger charge is 2.30. The van der Waals surface area contributed by atoms with Crippen molar-refractivity contribution in [3.63, 3.8) is 0 Å². The van der Waals surface area contributed by atoms with Crippen LogP contribution in [0.25, 0.3) is 16.0 Å². The second-order valence-electron chi connectivity index (χ2n) is 7.38. The Morgan fingerprint density at radius 1 is 1.31 bits per heavy atom. The number of hydrogen-bond donors (Lipinski definition) is 0. The van der Waals surface area contributed by atoms with Gasteiger partial charge in [-0.05, 0) is 54.5 Å². The highest BCUT2D eigenvalue weighted by molar-refractivity contribution is 7.18. The minimum atomic E-state index is 0.143. The Labute approximate surface area is 176 Å². The molecular formula is C21H18ClN5OS. The van der Waals surface area contributed by atoms with Crippen LogP contribution in [0, 0.1) is 6.92 Å². The third-order valence-electron chi connectivity index (χ3n) is 5.11. The zero-order valence-electron chi connectivity index (χ0n) is 15.8.